The summed E-state index contributed by atoms with van der Waals surface area (Å²) in [5, 5.41) is 0.951. The van der Waals surface area contributed by atoms with Crippen molar-refractivity contribution in [1.82, 2.24) is 9.97 Å². The molecule has 1 fully saturated rings. The predicted octanol–water partition coefficient (Wildman–Crippen LogP) is 3.28. The number of benzene rings is 1. The summed E-state index contributed by atoms with van der Waals surface area (Å²) in [5.74, 6) is 0.568. The first-order valence-electron chi connectivity index (χ1n) is 8.34. The van der Waals surface area contributed by atoms with Crippen LogP contribution in [0.4, 0.5) is 0 Å². The molecule has 0 aliphatic heterocycles. The second-order valence-electron chi connectivity index (χ2n) is 6.13. The first-order chi connectivity index (χ1) is 12.3. The Morgan fingerprint density at radius 1 is 1.00 bits per heavy atom. The van der Waals surface area contributed by atoms with Gasteiger partial charge in [-0.2, -0.15) is 0 Å². The molecule has 0 unspecified atom stereocenters. The van der Waals surface area contributed by atoms with Crippen molar-refractivity contribution in [2.75, 3.05) is 13.2 Å². The van der Waals surface area contributed by atoms with Gasteiger partial charge in [0, 0.05) is 24.0 Å². The lowest BCUT2D eigenvalue weighted by atomic mass is 9.97. The molecular weight excluding hydrogens is 316 g/mol. The maximum absolute atomic E-state index is 12.4. The molecule has 0 spiro atoms. The fourth-order valence-electron chi connectivity index (χ4n) is 3.03. The van der Waals surface area contributed by atoms with E-state index in [2.05, 4.69) is 9.97 Å². The van der Waals surface area contributed by atoms with Gasteiger partial charge in [-0.05, 0) is 48.7 Å². The molecule has 2 heterocycles. The lowest BCUT2D eigenvalue weighted by molar-refractivity contribution is -0.147. The third-order valence-electron chi connectivity index (χ3n) is 4.56. The summed E-state index contributed by atoms with van der Waals surface area (Å²) in [5.41, 5.74) is 1.38. The Balaban J connectivity index is 1.35. The minimum Gasteiger partial charge on any atom is -0.489 e. The van der Waals surface area contributed by atoms with Crippen molar-refractivity contribution in [1.29, 1.82) is 0 Å². The molecule has 1 saturated carbocycles. The molecule has 25 heavy (non-hydrogen) atoms. The molecule has 0 radical (unpaired) electrons. The largest absolute Gasteiger partial charge is 0.489 e. The fourth-order valence-corrected chi connectivity index (χ4v) is 3.03. The van der Waals surface area contributed by atoms with E-state index >= 15 is 0 Å². The Morgan fingerprint density at radius 3 is 2.60 bits per heavy atom. The molecule has 1 aliphatic carbocycles. The topological polar surface area (TPSA) is 61.3 Å². The first kappa shape index (κ1) is 15.6. The number of rotatable bonds is 6. The Bertz CT molecular complexity index is 886. The van der Waals surface area contributed by atoms with Gasteiger partial charge in [0.2, 0.25) is 0 Å². The molecule has 0 amide bonds. The van der Waals surface area contributed by atoms with E-state index in [0.717, 1.165) is 35.1 Å². The van der Waals surface area contributed by atoms with Crippen molar-refractivity contribution in [2.45, 2.75) is 18.3 Å². The number of aromatic nitrogens is 2. The zero-order chi connectivity index (χ0) is 17.1. The number of carbonyl (C=O) groups excluding carboxylic acids is 1. The van der Waals surface area contributed by atoms with Crippen LogP contribution >= 0.6 is 0 Å². The predicted molar refractivity (Wildman–Crippen MR) is 93.3 cm³/mol. The summed E-state index contributed by atoms with van der Waals surface area (Å²) in [7, 11) is 0. The van der Waals surface area contributed by atoms with Gasteiger partial charge in [-0.3, -0.25) is 14.8 Å². The van der Waals surface area contributed by atoms with Crippen LogP contribution in [0.2, 0.25) is 0 Å². The highest BCUT2D eigenvalue weighted by molar-refractivity contribution is 5.86. The van der Waals surface area contributed by atoms with Crippen molar-refractivity contribution in [3.8, 4) is 5.75 Å². The maximum atomic E-state index is 12.4. The Hall–Kier alpha value is -2.95. The molecule has 2 aromatic heterocycles. The van der Waals surface area contributed by atoms with Crippen LogP contribution in [0.25, 0.3) is 10.9 Å². The van der Waals surface area contributed by atoms with Gasteiger partial charge in [-0.15, -0.1) is 0 Å². The van der Waals surface area contributed by atoms with Gasteiger partial charge in [-0.25, -0.2) is 0 Å². The lowest BCUT2D eigenvalue weighted by Gasteiger charge is -2.15. The van der Waals surface area contributed by atoms with E-state index in [1.807, 2.05) is 42.5 Å². The number of esters is 1. The smallest absolute Gasteiger partial charge is 0.316 e. The van der Waals surface area contributed by atoms with Crippen LogP contribution in [-0.2, 0) is 14.9 Å². The third kappa shape index (κ3) is 3.05. The summed E-state index contributed by atoms with van der Waals surface area (Å²) in [4.78, 5) is 20.7. The number of nitrogens with zero attached hydrogens (tertiary/aromatic N) is 2. The highest BCUT2D eigenvalue weighted by Gasteiger charge is 2.52. The minimum atomic E-state index is -0.480. The molecule has 1 aromatic carbocycles. The summed E-state index contributed by atoms with van der Waals surface area (Å²) in [6.45, 7) is 0.536. The van der Waals surface area contributed by atoms with Crippen molar-refractivity contribution in [3.63, 3.8) is 0 Å². The van der Waals surface area contributed by atoms with Gasteiger partial charge in [0.25, 0.3) is 0 Å². The quantitative estimate of drug-likeness (QED) is 0.511. The van der Waals surface area contributed by atoms with Crippen molar-refractivity contribution < 1.29 is 14.3 Å². The van der Waals surface area contributed by atoms with Gasteiger partial charge in [0.05, 0.1) is 10.9 Å². The van der Waals surface area contributed by atoms with Crippen LogP contribution < -0.4 is 4.74 Å². The standard InChI is InChI=1S/C20H18N2O3/c23-19(20(8-9-20)15-5-10-21-11-6-15)25-14-13-24-18-7-12-22-17-4-2-1-3-16(17)18/h1-7,10-12H,8-9,13-14H2. The van der Waals surface area contributed by atoms with Gasteiger partial charge >= 0.3 is 5.97 Å². The van der Waals surface area contributed by atoms with Gasteiger partial charge in [0.1, 0.15) is 19.0 Å². The van der Waals surface area contributed by atoms with E-state index < -0.39 is 5.41 Å². The first-order valence-corrected chi connectivity index (χ1v) is 8.34. The number of hydrogen-bond donors (Lipinski definition) is 0. The van der Waals surface area contributed by atoms with E-state index in [1.165, 1.54) is 0 Å². The second-order valence-corrected chi connectivity index (χ2v) is 6.13. The fraction of sp³-hybridized carbons (Fsp3) is 0.250. The molecule has 5 heteroatoms. The van der Waals surface area contributed by atoms with Crippen molar-refractivity contribution >= 4 is 16.9 Å². The number of hydrogen-bond acceptors (Lipinski definition) is 5. The van der Waals surface area contributed by atoms with Gasteiger partial charge < -0.3 is 9.47 Å². The van der Waals surface area contributed by atoms with E-state index in [1.54, 1.807) is 18.6 Å². The van der Waals surface area contributed by atoms with E-state index in [0.29, 0.717) is 6.61 Å². The second kappa shape index (κ2) is 6.51. The van der Waals surface area contributed by atoms with Crippen LogP contribution in [0.15, 0.2) is 61.1 Å². The molecule has 0 bridgehead atoms. The van der Waals surface area contributed by atoms with Gasteiger partial charge in [-0.1, -0.05) is 12.1 Å². The summed E-state index contributed by atoms with van der Waals surface area (Å²) < 4.78 is 11.2. The van der Waals surface area contributed by atoms with Crippen molar-refractivity contribution in [3.05, 3.63) is 66.6 Å². The summed E-state index contributed by atoms with van der Waals surface area (Å²) in [6.07, 6.45) is 6.78. The third-order valence-corrected chi connectivity index (χ3v) is 4.56. The molecule has 0 atom stereocenters. The highest BCUT2D eigenvalue weighted by Crippen LogP contribution is 2.49. The van der Waals surface area contributed by atoms with E-state index in [4.69, 9.17) is 9.47 Å². The summed E-state index contributed by atoms with van der Waals surface area (Å²) in [6, 6.07) is 13.4. The monoisotopic (exact) mass is 334 g/mol. The van der Waals surface area contributed by atoms with Crippen LogP contribution in [0, 0.1) is 0 Å². The van der Waals surface area contributed by atoms with Crippen LogP contribution in [0.1, 0.15) is 18.4 Å². The molecule has 1 aliphatic rings. The molecule has 0 saturated heterocycles. The van der Waals surface area contributed by atoms with E-state index in [9.17, 15) is 4.79 Å². The average molecular weight is 334 g/mol. The zero-order valence-corrected chi connectivity index (χ0v) is 13.7. The highest BCUT2D eigenvalue weighted by atomic mass is 16.6. The number of ether oxygens (including phenoxy) is 2. The molecule has 5 nitrogen and oxygen atoms in total. The Kier molecular flexibility index (Phi) is 4.06. The number of carbonyl (C=O) groups is 1. The number of fused-ring (bicyclic) bond motifs is 1. The lowest BCUT2D eigenvalue weighted by Crippen LogP contribution is -2.25. The molecular formula is C20H18N2O3. The molecule has 126 valence electrons. The minimum absolute atomic E-state index is 0.179. The number of para-hydroxylation sites is 1. The SMILES string of the molecule is O=C(OCCOc1ccnc2ccccc12)C1(c2ccncc2)CC1. The van der Waals surface area contributed by atoms with E-state index in [-0.39, 0.29) is 12.6 Å². The average Bonchev–Trinajstić information content (AvgIpc) is 3.48. The van der Waals surface area contributed by atoms with Crippen LogP contribution in [0.3, 0.4) is 0 Å². The van der Waals surface area contributed by atoms with Crippen LogP contribution in [0.5, 0.6) is 5.75 Å². The molecule has 3 aromatic rings. The van der Waals surface area contributed by atoms with Gasteiger partial charge in [0.15, 0.2) is 0 Å². The zero-order valence-electron chi connectivity index (χ0n) is 13.7. The van der Waals surface area contributed by atoms with Crippen molar-refractivity contribution in [2.24, 2.45) is 0 Å². The molecule has 0 N–H and O–H groups in total. The number of pyridine rings is 2. The maximum Gasteiger partial charge on any atom is 0.316 e. The Morgan fingerprint density at radius 2 is 1.80 bits per heavy atom. The summed E-state index contributed by atoms with van der Waals surface area (Å²) >= 11 is 0. The normalized spacial score (nSPS) is 14.9. The molecule has 4 rings (SSSR count). The Labute approximate surface area is 145 Å². The van der Waals surface area contributed by atoms with Crippen LogP contribution in [-0.4, -0.2) is 29.2 Å².